The number of nitrogens with one attached hydrogen (secondary N) is 1. The molecule has 0 saturated carbocycles. The van der Waals surface area contributed by atoms with E-state index in [4.69, 9.17) is 0 Å². The molecule has 4 aromatic rings. The van der Waals surface area contributed by atoms with Crippen LogP contribution in [0.25, 0.3) is 22.4 Å². The van der Waals surface area contributed by atoms with E-state index in [9.17, 15) is 0 Å². The van der Waals surface area contributed by atoms with Crippen LogP contribution in [0.2, 0.25) is 0 Å². The molecule has 1 atom stereocenters. The third kappa shape index (κ3) is 3.11. The van der Waals surface area contributed by atoms with E-state index >= 15 is 0 Å². The minimum Gasteiger partial charge on any atom is -0.341 e. The summed E-state index contributed by atoms with van der Waals surface area (Å²) in [7, 11) is 0. The first-order chi connectivity index (χ1) is 12.3. The van der Waals surface area contributed by atoms with Gasteiger partial charge in [0.15, 0.2) is 0 Å². The fourth-order valence-corrected chi connectivity index (χ4v) is 3.18. The van der Waals surface area contributed by atoms with E-state index in [0.29, 0.717) is 0 Å². The van der Waals surface area contributed by atoms with E-state index in [-0.39, 0.29) is 5.92 Å². The highest BCUT2D eigenvalue weighted by Crippen LogP contribution is 2.32. The van der Waals surface area contributed by atoms with Crippen molar-refractivity contribution in [3.05, 3.63) is 103 Å². The third-order valence-electron chi connectivity index (χ3n) is 4.61. The Morgan fingerprint density at radius 1 is 0.720 bits per heavy atom. The van der Waals surface area contributed by atoms with Crippen LogP contribution in [0.5, 0.6) is 0 Å². The van der Waals surface area contributed by atoms with Crippen LogP contribution < -0.4 is 0 Å². The van der Waals surface area contributed by atoms with Gasteiger partial charge in [-0.1, -0.05) is 91.9 Å². The lowest BCUT2D eigenvalue weighted by atomic mass is 9.98. The van der Waals surface area contributed by atoms with Crippen molar-refractivity contribution >= 4 is 0 Å². The van der Waals surface area contributed by atoms with E-state index < -0.39 is 0 Å². The Kier molecular flexibility index (Phi) is 4.17. The van der Waals surface area contributed by atoms with Crippen molar-refractivity contribution in [2.75, 3.05) is 0 Å². The van der Waals surface area contributed by atoms with Gasteiger partial charge in [-0.15, -0.1) is 0 Å². The van der Waals surface area contributed by atoms with Crippen LogP contribution in [0.15, 0.2) is 91.1 Å². The fourth-order valence-electron chi connectivity index (χ4n) is 3.18. The molecule has 0 amide bonds. The lowest BCUT2D eigenvalue weighted by Crippen LogP contribution is -1.98. The molecule has 0 bridgehead atoms. The van der Waals surface area contributed by atoms with Crippen LogP contribution in [-0.2, 0) is 0 Å². The second-order valence-corrected chi connectivity index (χ2v) is 6.23. The van der Waals surface area contributed by atoms with Crippen molar-refractivity contribution in [1.82, 2.24) is 9.97 Å². The Balaban J connectivity index is 1.72. The minimum atomic E-state index is 0.235. The minimum absolute atomic E-state index is 0.235. The van der Waals surface area contributed by atoms with Gasteiger partial charge in [-0.25, -0.2) is 4.98 Å². The monoisotopic (exact) mass is 324 g/mol. The molecule has 4 rings (SSSR count). The van der Waals surface area contributed by atoms with Crippen molar-refractivity contribution in [3.63, 3.8) is 0 Å². The Morgan fingerprint density at radius 3 is 2.04 bits per heavy atom. The molecule has 1 unspecified atom stereocenters. The summed E-state index contributed by atoms with van der Waals surface area (Å²) in [5.74, 6) is 1.22. The molecular formula is C23H20N2. The number of hydrogen-bond donors (Lipinski definition) is 1. The van der Waals surface area contributed by atoms with Gasteiger partial charge >= 0.3 is 0 Å². The van der Waals surface area contributed by atoms with Crippen LogP contribution in [-0.4, -0.2) is 9.97 Å². The summed E-state index contributed by atoms with van der Waals surface area (Å²) in [5, 5.41) is 0. The quantitative estimate of drug-likeness (QED) is 0.498. The maximum atomic E-state index is 4.65. The zero-order valence-electron chi connectivity index (χ0n) is 14.2. The largest absolute Gasteiger partial charge is 0.341 e. The van der Waals surface area contributed by atoms with Gasteiger partial charge in [0, 0.05) is 11.5 Å². The van der Waals surface area contributed by atoms with Crippen LogP contribution in [0.3, 0.4) is 0 Å². The van der Waals surface area contributed by atoms with Crippen LogP contribution >= 0.6 is 0 Å². The van der Waals surface area contributed by atoms with Gasteiger partial charge in [0.2, 0.25) is 0 Å². The molecule has 25 heavy (non-hydrogen) atoms. The molecule has 122 valence electrons. The first-order valence-electron chi connectivity index (χ1n) is 8.57. The number of H-pyrrole nitrogens is 1. The van der Waals surface area contributed by atoms with E-state index in [0.717, 1.165) is 11.5 Å². The molecule has 1 heterocycles. The fraction of sp³-hybridized carbons (Fsp3) is 0.0870. The Morgan fingerprint density at radius 2 is 1.32 bits per heavy atom. The van der Waals surface area contributed by atoms with Crippen molar-refractivity contribution in [3.8, 4) is 22.4 Å². The van der Waals surface area contributed by atoms with Crippen molar-refractivity contribution in [2.24, 2.45) is 0 Å². The molecule has 0 radical (unpaired) electrons. The maximum absolute atomic E-state index is 4.65. The van der Waals surface area contributed by atoms with Crippen LogP contribution in [0.1, 0.15) is 24.2 Å². The molecule has 0 fully saturated rings. The molecule has 0 aliphatic carbocycles. The summed E-state index contributed by atoms with van der Waals surface area (Å²) in [6, 6.07) is 29.4. The zero-order valence-corrected chi connectivity index (χ0v) is 14.2. The predicted octanol–water partition coefficient (Wildman–Crippen LogP) is 5.90. The molecule has 0 saturated heterocycles. The molecule has 2 nitrogen and oxygen atoms in total. The molecule has 1 N–H and O–H groups in total. The normalized spacial score (nSPS) is 12.0. The molecule has 0 aliphatic heterocycles. The summed E-state index contributed by atoms with van der Waals surface area (Å²) in [6.45, 7) is 2.18. The topological polar surface area (TPSA) is 28.7 Å². The molecule has 0 aliphatic rings. The highest BCUT2D eigenvalue weighted by Gasteiger charge is 2.14. The Hall–Kier alpha value is -3.13. The second kappa shape index (κ2) is 6.78. The third-order valence-corrected chi connectivity index (χ3v) is 4.61. The zero-order chi connectivity index (χ0) is 17.1. The van der Waals surface area contributed by atoms with Crippen LogP contribution in [0, 0.1) is 0 Å². The summed E-state index contributed by atoms with van der Waals surface area (Å²) >= 11 is 0. The van der Waals surface area contributed by atoms with Gasteiger partial charge in [-0.2, -0.15) is 0 Å². The number of benzene rings is 3. The van der Waals surface area contributed by atoms with Crippen LogP contribution in [0.4, 0.5) is 0 Å². The van der Waals surface area contributed by atoms with Gasteiger partial charge < -0.3 is 4.98 Å². The molecule has 3 aromatic carbocycles. The number of imidazole rings is 1. The second-order valence-electron chi connectivity index (χ2n) is 6.23. The molecule has 2 heteroatoms. The van der Waals surface area contributed by atoms with Gasteiger partial charge in [-0.05, 0) is 16.7 Å². The van der Waals surface area contributed by atoms with E-state index in [1.54, 1.807) is 0 Å². The lowest BCUT2D eigenvalue weighted by Gasteiger charge is -2.10. The highest BCUT2D eigenvalue weighted by molar-refractivity contribution is 5.81. The number of hydrogen-bond acceptors (Lipinski definition) is 1. The van der Waals surface area contributed by atoms with Gasteiger partial charge in [-0.3, -0.25) is 0 Å². The van der Waals surface area contributed by atoms with Gasteiger partial charge in [0.05, 0.1) is 11.9 Å². The molecule has 1 aromatic heterocycles. The first kappa shape index (κ1) is 15.4. The van der Waals surface area contributed by atoms with Crippen molar-refractivity contribution in [1.29, 1.82) is 0 Å². The van der Waals surface area contributed by atoms with Crippen molar-refractivity contribution < 1.29 is 0 Å². The number of aromatic amines is 1. The number of aromatic nitrogens is 2. The predicted molar refractivity (Wildman–Crippen MR) is 103 cm³/mol. The summed E-state index contributed by atoms with van der Waals surface area (Å²) in [6.07, 6.45) is 1.94. The van der Waals surface area contributed by atoms with Gasteiger partial charge in [0.1, 0.15) is 5.82 Å². The molecule has 0 spiro atoms. The van der Waals surface area contributed by atoms with E-state index in [1.807, 2.05) is 18.3 Å². The van der Waals surface area contributed by atoms with E-state index in [2.05, 4.69) is 89.7 Å². The Bertz CT molecular complexity index is 956. The maximum Gasteiger partial charge on any atom is 0.113 e. The molecular weight excluding hydrogens is 304 g/mol. The SMILES string of the molecule is CC(c1ccccc1)c1ncc(-c2ccccc2-c2ccccc2)[nH]1. The lowest BCUT2D eigenvalue weighted by molar-refractivity contribution is 0.841. The average molecular weight is 324 g/mol. The summed E-state index contributed by atoms with van der Waals surface area (Å²) < 4.78 is 0. The summed E-state index contributed by atoms with van der Waals surface area (Å²) in [5.41, 5.74) is 5.92. The number of rotatable bonds is 4. The van der Waals surface area contributed by atoms with E-state index in [1.165, 1.54) is 22.3 Å². The Labute approximate surface area is 148 Å². The van der Waals surface area contributed by atoms with Gasteiger partial charge in [0.25, 0.3) is 0 Å². The highest BCUT2D eigenvalue weighted by atomic mass is 14.9. The van der Waals surface area contributed by atoms with Crippen molar-refractivity contribution in [2.45, 2.75) is 12.8 Å². The summed E-state index contributed by atoms with van der Waals surface area (Å²) in [4.78, 5) is 8.17. The number of nitrogens with zero attached hydrogens (tertiary/aromatic N) is 1. The first-order valence-corrected chi connectivity index (χ1v) is 8.57. The average Bonchev–Trinajstić information content (AvgIpc) is 3.19. The standard InChI is InChI=1S/C23H20N2/c1-17(18-10-4-2-5-11-18)23-24-16-22(25-23)21-15-9-8-14-20(21)19-12-6-3-7-13-19/h2-17H,1H3,(H,24,25). The smallest absolute Gasteiger partial charge is 0.113 e.